The van der Waals surface area contributed by atoms with Crippen LogP contribution >= 0.6 is 0 Å². The highest BCUT2D eigenvalue weighted by molar-refractivity contribution is 5.88. The number of fused-ring (bicyclic) bond motifs is 7. The minimum Gasteiger partial charge on any atom is -0.462 e. The number of aliphatic hydroxyl groups excluding tert-OH is 3. The van der Waals surface area contributed by atoms with Gasteiger partial charge in [0, 0.05) is 29.1 Å². The summed E-state index contributed by atoms with van der Waals surface area (Å²) in [6.45, 7) is 13.0. The van der Waals surface area contributed by atoms with Gasteiger partial charge in [-0.05, 0) is 114 Å². The van der Waals surface area contributed by atoms with Crippen molar-refractivity contribution in [3.05, 3.63) is 138 Å². The van der Waals surface area contributed by atoms with E-state index >= 15 is 0 Å². The number of hydrogen-bond donors (Lipinski definition) is 3. The molecule has 8 rings (SSSR count). The monoisotopic (exact) mass is 896 g/mol. The molecule has 0 spiro atoms. The lowest BCUT2D eigenvalue weighted by Gasteiger charge is -2.72. The van der Waals surface area contributed by atoms with Crippen molar-refractivity contribution in [2.24, 2.45) is 50.2 Å². The third kappa shape index (κ3) is 8.34. The normalized spacial score (nSPS) is 36.9. The van der Waals surface area contributed by atoms with Crippen LogP contribution in [0.1, 0.15) is 103 Å². The molecule has 0 aliphatic heterocycles. The highest BCUT2D eigenvalue weighted by Crippen LogP contribution is 2.76. The maximum Gasteiger partial charge on any atom is 0.331 e. The van der Waals surface area contributed by atoms with Crippen LogP contribution in [0.25, 0.3) is 18.2 Å². The predicted octanol–water partition coefficient (Wildman–Crippen LogP) is 9.82. The van der Waals surface area contributed by atoms with Crippen LogP contribution < -0.4 is 0 Å². The van der Waals surface area contributed by atoms with Gasteiger partial charge in [0.1, 0.15) is 18.8 Å². The van der Waals surface area contributed by atoms with Crippen LogP contribution in [0.15, 0.2) is 121 Å². The summed E-state index contributed by atoms with van der Waals surface area (Å²) in [6, 6.07) is 28.5. The maximum absolute atomic E-state index is 13.6. The van der Waals surface area contributed by atoms with E-state index in [2.05, 4.69) is 33.8 Å². The number of carbonyl (C=O) groups is 3. The van der Waals surface area contributed by atoms with Crippen molar-refractivity contribution in [3.8, 4) is 0 Å². The van der Waals surface area contributed by atoms with Gasteiger partial charge in [-0.15, -0.1) is 0 Å². The molecular formula is C57H68O9. The van der Waals surface area contributed by atoms with Crippen LogP contribution in [0, 0.1) is 50.2 Å². The summed E-state index contributed by atoms with van der Waals surface area (Å²) in [7, 11) is 0. The lowest BCUT2D eigenvalue weighted by atomic mass is 9.33. The first-order valence-corrected chi connectivity index (χ1v) is 23.9. The zero-order chi connectivity index (χ0) is 47.1. The molecule has 3 N–H and O–H groups in total. The molecule has 350 valence electrons. The highest BCUT2D eigenvalue weighted by atomic mass is 16.6. The van der Waals surface area contributed by atoms with E-state index in [1.807, 2.05) is 105 Å². The van der Waals surface area contributed by atoms with E-state index in [4.69, 9.17) is 14.2 Å². The van der Waals surface area contributed by atoms with E-state index in [1.54, 1.807) is 18.2 Å². The standard InChI is InChI=1S/C57H68O9/c1-52(2)34-42-41-25-26-44-53(3)32-31-45(58)54(4,36-64-47(60)27-22-38-16-10-7-11-17-38)43(53)30-33-55(44,5)56(41,6)35-46(59)57(42,37-65-48(61)28-23-39-18-12-8-13-19-39)50(63)51(52)66-49(62)29-24-40-20-14-9-15-21-40/h7-25,27-29,42-46,50-51,58-59,63H,26,30-37H2,1-6H3/b27-22+,28-23+,29-24+/t42?,43?,44?,45-,46+,50-,51-,53-,54+,55+,56+,57-/m0/s1. The third-order valence-corrected chi connectivity index (χ3v) is 17.7. The second-order valence-corrected chi connectivity index (χ2v) is 21.7. The van der Waals surface area contributed by atoms with Gasteiger partial charge in [0.15, 0.2) is 0 Å². The van der Waals surface area contributed by atoms with Crippen LogP contribution in [0.3, 0.4) is 0 Å². The van der Waals surface area contributed by atoms with Crippen LogP contribution in [0.4, 0.5) is 0 Å². The Hall–Kier alpha value is -5.09. The first-order chi connectivity index (χ1) is 31.4. The summed E-state index contributed by atoms with van der Waals surface area (Å²) in [5.41, 5.74) is -0.128. The number of benzene rings is 3. The van der Waals surface area contributed by atoms with E-state index in [-0.39, 0.29) is 35.9 Å². The van der Waals surface area contributed by atoms with Gasteiger partial charge in [-0.25, -0.2) is 14.4 Å². The van der Waals surface area contributed by atoms with Crippen molar-refractivity contribution in [3.63, 3.8) is 0 Å². The number of hydrogen-bond acceptors (Lipinski definition) is 9. The molecule has 3 aromatic carbocycles. The topological polar surface area (TPSA) is 140 Å². The fourth-order valence-corrected chi connectivity index (χ4v) is 14.0. The minimum atomic E-state index is -1.39. The second-order valence-electron chi connectivity index (χ2n) is 21.7. The van der Waals surface area contributed by atoms with E-state index in [9.17, 15) is 29.7 Å². The fourth-order valence-electron chi connectivity index (χ4n) is 14.0. The smallest absolute Gasteiger partial charge is 0.331 e. The summed E-state index contributed by atoms with van der Waals surface area (Å²) >= 11 is 0. The van der Waals surface area contributed by atoms with E-state index < -0.39 is 69.9 Å². The lowest BCUT2D eigenvalue weighted by Crippen LogP contribution is -2.72. The van der Waals surface area contributed by atoms with Gasteiger partial charge in [-0.3, -0.25) is 0 Å². The molecule has 5 aliphatic carbocycles. The van der Waals surface area contributed by atoms with Gasteiger partial charge in [-0.2, -0.15) is 0 Å². The molecule has 0 bridgehead atoms. The average Bonchev–Trinajstić information content (AvgIpc) is 3.30. The van der Waals surface area contributed by atoms with Gasteiger partial charge >= 0.3 is 17.9 Å². The quantitative estimate of drug-likeness (QED) is 0.0743. The average molecular weight is 897 g/mol. The summed E-state index contributed by atoms with van der Waals surface area (Å²) in [5.74, 6) is -1.82. The van der Waals surface area contributed by atoms with Gasteiger partial charge in [0.25, 0.3) is 0 Å². The summed E-state index contributed by atoms with van der Waals surface area (Å²) in [5, 5.41) is 37.5. The number of ether oxygens (including phenoxy) is 3. The number of allylic oxidation sites excluding steroid dienone is 2. The van der Waals surface area contributed by atoms with E-state index in [0.29, 0.717) is 19.3 Å². The van der Waals surface area contributed by atoms with Crippen molar-refractivity contribution in [2.75, 3.05) is 13.2 Å². The summed E-state index contributed by atoms with van der Waals surface area (Å²) in [6.07, 6.45) is 12.0. The van der Waals surface area contributed by atoms with Gasteiger partial charge < -0.3 is 29.5 Å². The molecule has 5 aliphatic rings. The molecule has 9 heteroatoms. The molecule has 0 amide bonds. The lowest BCUT2D eigenvalue weighted by molar-refractivity contribution is -0.263. The summed E-state index contributed by atoms with van der Waals surface area (Å²) in [4.78, 5) is 40.2. The van der Waals surface area contributed by atoms with Crippen molar-refractivity contribution in [2.45, 2.75) is 111 Å². The number of rotatable bonds is 11. The fraction of sp³-hybridized carbons (Fsp3) is 0.491. The summed E-state index contributed by atoms with van der Waals surface area (Å²) < 4.78 is 18.2. The zero-order valence-corrected chi connectivity index (χ0v) is 39.4. The largest absolute Gasteiger partial charge is 0.462 e. The first-order valence-electron chi connectivity index (χ1n) is 23.9. The van der Waals surface area contributed by atoms with Crippen molar-refractivity contribution >= 4 is 36.1 Å². The molecule has 4 saturated carbocycles. The molecule has 0 saturated heterocycles. The van der Waals surface area contributed by atoms with Crippen LogP contribution in [0.5, 0.6) is 0 Å². The molecule has 0 heterocycles. The molecule has 3 unspecified atom stereocenters. The number of carbonyl (C=O) groups excluding carboxylic acids is 3. The van der Waals surface area contributed by atoms with Crippen molar-refractivity contribution in [1.82, 2.24) is 0 Å². The molecule has 66 heavy (non-hydrogen) atoms. The molecular weight excluding hydrogens is 829 g/mol. The van der Waals surface area contributed by atoms with E-state index in [0.717, 1.165) is 47.9 Å². The van der Waals surface area contributed by atoms with Crippen LogP contribution in [-0.2, 0) is 28.6 Å². The van der Waals surface area contributed by atoms with Gasteiger partial charge in [-0.1, -0.05) is 144 Å². The molecule has 3 aromatic rings. The SMILES string of the molecule is CC1(C)CC2C3=CCC4[C@@]5(C)CC[C@H](O)[C@](C)(COC(=O)/C=C/c6ccccc6)C5CC[C@@]4(C)[C@]3(C)C[C@@H](O)[C@@]2(COC(=O)/C=C/c2ccccc2)[C@@H](O)[C@@H]1OC(=O)/C=C/c1ccccc1. The Balaban J connectivity index is 1.10. The van der Waals surface area contributed by atoms with Crippen molar-refractivity contribution in [1.29, 1.82) is 0 Å². The molecule has 9 nitrogen and oxygen atoms in total. The second kappa shape index (κ2) is 18.2. The maximum atomic E-state index is 13.6. The van der Waals surface area contributed by atoms with E-state index in [1.165, 1.54) is 18.2 Å². The Morgan fingerprint density at radius 3 is 1.68 bits per heavy atom. The molecule has 4 fully saturated rings. The Kier molecular flexibility index (Phi) is 13.1. The first kappa shape index (κ1) is 47.4. The Labute approximate surface area is 390 Å². The predicted molar refractivity (Wildman–Crippen MR) is 256 cm³/mol. The Bertz CT molecular complexity index is 2370. The number of esters is 3. The Morgan fingerprint density at radius 1 is 0.621 bits per heavy atom. The van der Waals surface area contributed by atoms with Crippen LogP contribution in [0.2, 0.25) is 0 Å². The Morgan fingerprint density at radius 2 is 1.14 bits per heavy atom. The molecule has 0 radical (unpaired) electrons. The van der Waals surface area contributed by atoms with Crippen LogP contribution in [-0.4, -0.2) is 70.9 Å². The number of aliphatic hydroxyl groups is 3. The zero-order valence-electron chi connectivity index (χ0n) is 39.4. The molecule has 0 aromatic heterocycles. The third-order valence-electron chi connectivity index (χ3n) is 17.7. The minimum absolute atomic E-state index is 0.0639. The van der Waals surface area contributed by atoms with Crippen molar-refractivity contribution < 1.29 is 43.9 Å². The molecule has 12 atom stereocenters. The van der Waals surface area contributed by atoms with Gasteiger partial charge in [0.05, 0.1) is 24.2 Å². The highest BCUT2D eigenvalue weighted by Gasteiger charge is 2.73. The van der Waals surface area contributed by atoms with Gasteiger partial charge in [0.2, 0.25) is 0 Å².